The summed E-state index contributed by atoms with van der Waals surface area (Å²) in [4.78, 5) is 14.6. The molecule has 1 heterocycles. The van der Waals surface area contributed by atoms with Gasteiger partial charge in [0.2, 0.25) is 0 Å². The molecule has 1 aliphatic heterocycles. The lowest BCUT2D eigenvalue weighted by molar-refractivity contribution is 0.0749. The third-order valence-corrected chi connectivity index (χ3v) is 4.57. The molecule has 3 N–H and O–H groups in total. The number of carbonyl (C=O) groups excluding carboxylic acids is 1. The zero-order chi connectivity index (χ0) is 14.0. The van der Waals surface area contributed by atoms with E-state index in [1.54, 1.807) is 0 Å². The normalized spacial score (nSPS) is 18.2. The van der Waals surface area contributed by atoms with Gasteiger partial charge < -0.3 is 10.3 Å². The molecule has 0 bridgehead atoms. The smallest absolute Gasteiger partial charge is 0.256 e. The second-order valence-corrected chi connectivity index (χ2v) is 7.33. The number of rotatable bonds is 2. The highest BCUT2D eigenvalue weighted by atomic mass is 32.2. The highest BCUT2D eigenvalue weighted by molar-refractivity contribution is 8.00. The molecule has 0 saturated carbocycles. The molecule has 1 amide bonds. The average molecular weight is 279 g/mol. The van der Waals surface area contributed by atoms with Gasteiger partial charge in [-0.1, -0.05) is 11.6 Å². The number of anilines is 1. The van der Waals surface area contributed by atoms with Crippen LogP contribution in [0.15, 0.2) is 18.2 Å². The van der Waals surface area contributed by atoms with Crippen molar-refractivity contribution in [3.8, 4) is 0 Å². The van der Waals surface area contributed by atoms with E-state index >= 15 is 0 Å². The average Bonchev–Trinajstić information content (AvgIpc) is 2.36. The van der Waals surface area contributed by atoms with E-state index in [1.165, 1.54) is 0 Å². The van der Waals surface area contributed by atoms with Gasteiger partial charge >= 0.3 is 0 Å². The number of nitrogen functional groups attached to an aromatic ring is 1. The Morgan fingerprint density at radius 1 is 1.47 bits per heavy atom. The van der Waals surface area contributed by atoms with Crippen LogP contribution in [-0.2, 0) is 0 Å². The van der Waals surface area contributed by atoms with Crippen LogP contribution in [0.3, 0.4) is 0 Å². The Labute approximate surface area is 118 Å². The van der Waals surface area contributed by atoms with E-state index in [4.69, 9.17) is 5.84 Å². The van der Waals surface area contributed by atoms with E-state index in [-0.39, 0.29) is 10.7 Å². The maximum atomic E-state index is 12.6. The number of aryl methyl sites for hydroxylation is 1. The maximum Gasteiger partial charge on any atom is 0.256 e. The molecule has 1 aromatic carbocycles. The van der Waals surface area contributed by atoms with Gasteiger partial charge in [0.15, 0.2) is 0 Å². The van der Waals surface area contributed by atoms with E-state index < -0.39 is 0 Å². The van der Waals surface area contributed by atoms with Gasteiger partial charge in [-0.05, 0) is 32.9 Å². The van der Waals surface area contributed by atoms with Crippen molar-refractivity contribution >= 4 is 23.4 Å². The van der Waals surface area contributed by atoms with Crippen molar-refractivity contribution in [1.29, 1.82) is 0 Å². The topological polar surface area (TPSA) is 58.4 Å². The number of hydrogen-bond donors (Lipinski definition) is 2. The molecule has 0 radical (unpaired) electrons. The van der Waals surface area contributed by atoms with E-state index in [0.29, 0.717) is 11.3 Å². The summed E-state index contributed by atoms with van der Waals surface area (Å²) in [6.45, 7) is 7.90. The van der Waals surface area contributed by atoms with Gasteiger partial charge in [-0.25, -0.2) is 0 Å². The first kappa shape index (κ1) is 14.2. The summed E-state index contributed by atoms with van der Waals surface area (Å²) >= 11 is 1.92. The minimum Gasteiger partial charge on any atom is -0.336 e. The first-order valence-electron chi connectivity index (χ1n) is 6.43. The largest absolute Gasteiger partial charge is 0.336 e. The summed E-state index contributed by atoms with van der Waals surface area (Å²) in [5, 5.41) is 0. The molecule has 104 valence electrons. The number of thioether (sulfide) groups is 1. The molecule has 0 unspecified atom stereocenters. The number of hydrazine groups is 1. The van der Waals surface area contributed by atoms with Crippen LogP contribution in [0.1, 0.15) is 29.8 Å². The predicted molar refractivity (Wildman–Crippen MR) is 81.4 cm³/mol. The molecule has 1 fully saturated rings. The summed E-state index contributed by atoms with van der Waals surface area (Å²) in [7, 11) is 0. The van der Waals surface area contributed by atoms with Crippen molar-refractivity contribution in [2.75, 3.05) is 24.3 Å². The van der Waals surface area contributed by atoms with Gasteiger partial charge in [-0.3, -0.25) is 10.6 Å². The summed E-state index contributed by atoms with van der Waals surface area (Å²) < 4.78 is 0.119. The minimum absolute atomic E-state index is 0.0602. The minimum atomic E-state index is 0.0602. The third-order valence-electron chi connectivity index (χ3n) is 3.27. The summed E-state index contributed by atoms with van der Waals surface area (Å²) in [6.07, 6.45) is 0. The van der Waals surface area contributed by atoms with Crippen LogP contribution >= 0.6 is 11.8 Å². The summed E-state index contributed by atoms with van der Waals surface area (Å²) in [5.41, 5.74) is 5.02. The Kier molecular flexibility index (Phi) is 4.06. The first-order valence-corrected chi connectivity index (χ1v) is 7.42. The SMILES string of the molecule is Cc1ccc(NN)c(C(=O)N2CCSC(C)(C)C2)c1. The zero-order valence-corrected chi connectivity index (χ0v) is 12.5. The number of nitrogens with one attached hydrogen (secondary N) is 1. The van der Waals surface area contributed by atoms with E-state index in [1.807, 2.05) is 41.8 Å². The van der Waals surface area contributed by atoms with Gasteiger partial charge in [-0.2, -0.15) is 11.8 Å². The summed E-state index contributed by atoms with van der Waals surface area (Å²) in [6, 6.07) is 5.70. The van der Waals surface area contributed by atoms with Gasteiger partial charge in [0.1, 0.15) is 0 Å². The number of nitrogens with zero attached hydrogens (tertiary/aromatic N) is 1. The number of hydrogen-bond acceptors (Lipinski definition) is 4. The van der Waals surface area contributed by atoms with Crippen molar-refractivity contribution < 1.29 is 4.79 Å². The van der Waals surface area contributed by atoms with Crippen molar-refractivity contribution in [3.63, 3.8) is 0 Å². The van der Waals surface area contributed by atoms with Crippen LogP contribution in [0.25, 0.3) is 0 Å². The van der Waals surface area contributed by atoms with Crippen LogP contribution in [-0.4, -0.2) is 34.4 Å². The molecule has 1 saturated heterocycles. The van der Waals surface area contributed by atoms with Crippen LogP contribution in [0, 0.1) is 6.92 Å². The molecular weight excluding hydrogens is 258 g/mol. The summed E-state index contributed by atoms with van der Waals surface area (Å²) in [5.74, 6) is 6.54. The quantitative estimate of drug-likeness (QED) is 0.644. The second-order valence-electron chi connectivity index (χ2n) is 5.53. The van der Waals surface area contributed by atoms with Gasteiger partial charge in [-0.15, -0.1) is 0 Å². The molecule has 19 heavy (non-hydrogen) atoms. The van der Waals surface area contributed by atoms with Crippen LogP contribution < -0.4 is 11.3 Å². The number of benzene rings is 1. The lowest BCUT2D eigenvalue weighted by Gasteiger charge is -2.37. The van der Waals surface area contributed by atoms with Crippen molar-refractivity contribution in [2.24, 2.45) is 5.84 Å². The van der Waals surface area contributed by atoms with Crippen LogP contribution in [0.5, 0.6) is 0 Å². The van der Waals surface area contributed by atoms with Gasteiger partial charge in [0, 0.05) is 23.6 Å². The van der Waals surface area contributed by atoms with Crippen molar-refractivity contribution in [2.45, 2.75) is 25.5 Å². The lowest BCUT2D eigenvalue weighted by atomic mass is 10.1. The number of amides is 1. The van der Waals surface area contributed by atoms with Crippen molar-refractivity contribution in [3.05, 3.63) is 29.3 Å². The monoisotopic (exact) mass is 279 g/mol. The Morgan fingerprint density at radius 3 is 2.84 bits per heavy atom. The molecule has 0 spiro atoms. The Balaban J connectivity index is 2.26. The molecular formula is C14H21N3OS. The first-order chi connectivity index (χ1) is 8.93. The molecule has 2 rings (SSSR count). The molecule has 4 nitrogen and oxygen atoms in total. The molecule has 1 aliphatic rings. The number of nitrogens with two attached hydrogens (primary N) is 1. The lowest BCUT2D eigenvalue weighted by Crippen LogP contribution is -2.46. The number of carbonyl (C=O) groups is 1. The van der Waals surface area contributed by atoms with Crippen molar-refractivity contribution in [1.82, 2.24) is 4.90 Å². The third kappa shape index (κ3) is 3.22. The van der Waals surface area contributed by atoms with Crippen LogP contribution in [0.4, 0.5) is 5.69 Å². The molecule has 0 aromatic heterocycles. The van der Waals surface area contributed by atoms with Gasteiger partial charge in [0.25, 0.3) is 5.91 Å². The fourth-order valence-electron chi connectivity index (χ4n) is 2.32. The second kappa shape index (κ2) is 5.43. The van der Waals surface area contributed by atoms with E-state index in [9.17, 15) is 4.79 Å². The Hall–Kier alpha value is -1.20. The Morgan fingerprint density at radius 2 is 2.21 bits per heavy atom. The highest BCUT2D eigenvalue weighted by Crippen LogP contribution is 2.31. The van der Waals surface area contributed by atoms with Gasteiger partial charge in [0.05, 0.1) is 11.3 Å². The van der Waals surface area contributed by atoms with E-state index in [2.05, 4.69) is 19.3 Å². The van der Waals surface area contributed by atoms with E-state index in [0.717, 1.165) is 24.4 Å². The fraction of sp³-hybridized carbons (Fsp3) is 0.500. The molecule has 1 aromatic rings. The fourth-order valence-corrected chi connectivity index (χ4v) is 3.43. The highest BCUT2D eigenvalue weighted by Gasteiger charge is 2.30. The maximum absolute atomic E-state index is 12.6. The van der Waals surface area contributed by atoms with Crippen LogP contribution in [0.2, 0.25) is 0 Å². The molecule has 0 atom stereocenters. The predicted octanol–water partition coefficient (Wildman–Crippen LogP) is 2.25. The standard InChI is InChI=1S/C14H21N3OS/c1-10-4-5-12(16-15)11(8-10)13(18)17-6-7-19-14(2,3)9-17/h4-5,8,16H,6-7,9,15H2,1-3H3. The molecule has 0 aliphatic carbocycles. The molecule has 5 heteroatoms. The zero-order valence-electron chi connectivity index (χ0n) is 11.7. The Bertz CT molecular complexity index is 488.